The van der Waals surface area contributed by atoms with Crippen LogP contribution in [0.4, 0.5) is 8.78 Å². The minimum Gasteiger partial charge on any atom is -0.224 e. The van der Waals surface area contributed by atoms with Gasteiger partial charge in [0.15, 0.2) is 9.84 Å². The Morgan fingerprint density at radius 2 is 1.27 bits per heavy atom. The van der Waals surface area contributed by atoms with Crippen LogP contribution in [0.3, 0.4) is 0 Å². The molecule has 0 saturated carbocycles. The molecule has 33 heavy (non-hydrogen) atoms. The summed E-state index contributed by atoms with van der Waals surface area (Å²) in [5.41, 5.74) is 1.83. The molecule has 0 aliphatic carbocycles. The van der Waals surface area contributed by atoms with Gasteiger partial charge in [-0.2, -0.15) is 0 Å². The highest BCUT2D eigenvalue weighted by molar-refractivity contribution is 7.92. The second-order valence-corrected chi connectivity index (χ2v) is 12.5. The molecule has 0 radical (unpaired) electrons. The van der Waals surface area contributed by atoms with Gasteiger partial charge in [-0.1, -0.05) is 24.3 Å². The van der Waals surface area contributed by atoms with Gasteiger partial charge in [0.05, 0.1) is 21.2 Å². The number of thiazole rings is 1. The fourth-order valence-electron chi connectivity index (χ4n) is 3.15. The molecule has 0 bridgehead atoms. The fourth-order valence-corrected chi connectivity index (χ4v) is 6.52. The Kier molecular flexibility index (Phi) is 6.17. The second kappa shape index (κ2) is 8.77. The minimum absolute atomic E-state index is 0.128. The van der Waals surface area contributed by atoms with Crippen molar-refractivity contribution in [1.29, 1.82) is 0 Å². The van der Waals surface area contributed by atoms with Gasteiger partial charge in [0.25, 0.3) is 0 Å². The van der Waals surface area contributed by atoms with Crippen molar-refractivity contribution in [3.05, 3.63) is 90.0 Å². The molecule has 1 aromatic heterocycles. The monoisotopic (exact) mass is 505 g/mol. The summed E-state index contributed by atoms with van der Waals surface area (Å²) < 4.78 is 76.2. The zero-order chi connectivity index (χ0) is 23.8. The highest BCUT2D eigenvalue weighted by Crippen LogP contribution is 2.39. The van der Waals surface area contributed by atoms with Crippen LogP contribution in [-0.4, -0.2) is 28.1 Å². The number of hydrogen-bond acceptors (Lipinski definition) is 6. The normalized spacial score (nSPS) is 12.1. The molecule has 0 atom stereocenters. The number of rotatable bonds is 6. The summed E-state index contributed by atoms with van der Waals surface area (Å²) in [7, 11) is -7.27. The molecule has 0 aliphatic rings. The van der Waals surface area contributed by atoms with Crippen molar-refractivity contribution in [2.45, 2.75) is 15.0 Å². The first kappa shape index (κ1) is 23.2. The van der Waals surface area contributed by atoms with Crippen molar-refractivity contribution in [3.63, 3.8) is 0 Å². The van der Waals surface area contributed by atoms with E-state index in [4.69, 9.17) is 0 Å². The van der Waals surface area contributed by atoms with Crippen molar-refractivity contribution >= 4 is 31.0 Å². The lowest BCUT2D eigenvalue weighted by Crippen LogP contribution is -2.04. The lowest BCUT2D eigenvalue weighted by atomic mass is 10.1. The van der Waals surface area contributed by atoms with E-state index in [1.807, 2.05) is 0 Å². The highest BCUT2D eigenvalue weighted by atomic mass is 32.2. The maximum absolute atomic E-state index is 13.4. The predicted octanol–water partition coefficient (Wildman–Crippen LogP) is 5.13. The van der Waals surface area contributed by atoms with Crippen molar-refractivity contribution < 1.29 is 25.6 Å². The number of sulfone groups is 2. The summed E-state index contributed by atoms with van der Waals surface area (Å²) in [6, 6.07) is 16.7. The van der Waals surface area contributed by atoms with Gasteiger partial charge in [0.2, 0.25) is 14.2 Å². The minimum atomic E-state index is -3.87. The van der Waals surface area contributed by atoms with Crippen molar-refractivity contribution in [3.8, 4) is 21.7 Å². The van der Waals surface area contributed by atoms with E-state index in [9.17, 15) is 25.6 Å². The van der Waals surface area contributed by atoms with E-state index in [1.54, 1.807) is 12.1 Å². The molecule has 0 amide bonds. The lowest BCUT2D eigenvalue weighted by molar-refractivity contribution is 0.593. The van der Waals surface area contributed by atoms with E-state index >= 15 is 0 Å². The van der Waals surface area contributed by atoms with Gasteiger partial charge in [-0.05, 0) is 59.7 Å². The molecule has 0 spiro atoms. The summed E-state index contributed by atoms with van der Waals surface area (Å²) in [5.74, 6) is -1.28. The molecule has 5 nitrogen and oxygen atoms in total. The van der Waals surface area contributed by atoms with Crippen LogP contribution in [0.25, 0.3) is 21.7 Å². The van der Waals surface area contributed by atoms with Gasteiger partial charge in [-0.15, -0.1) is 11.3 Å². The Morgan fingerprint density at radius 1 is 0.758 bits per heavy atom. The third-order valence-corrected chi connectivity index (χ3v) is 9.18. The Labute approximate surface area is 194 Å². The topological polar surface area (TPSA) is 81.2 Å². The second-order valence-electron chi connectivity index (χ2n) is 7.35. The third-order valence-electron chi connectivity index (χ3n) is 4.81. The van der Waals surface area contributed by atoms with Gasteiger partial charge >= 0.3 is 0 Å². The Morgan fingerprint density at radius 3 is 1.82 bits per heavy atom. The van der Waals surface area contributed by atoms with E-state index in [-0.39, 0.29) is 15.0 Å². The molecular formula is C23H17F2NO4S3. The molecule has 0 N–H and O–H groups in total. The van der Waals surface area contributed by atoms with Crippen LogP contribution in [0.5, 0.6) is 0 Å². The van der Waals surface area contributed by atoms with Gasteiger partial charge in [-0.25, -0.2) is 30.6 Å². The molecule has 10 heteroatoms. The van der Waals surface area contributed by atoms with Crippen LogP contribution < -0.4 is 0 Å². The average molecular weight is 506 g/mol. The summed E-state index contributed by atoms with van der Waals surface area (Å²) in [5, 5.41) is 0. The quantitative estimate of drug-likeness (QED) is 0.363. The van der Waals surface area contributed by atoms with Gasteiger partial charge in [-0.3, -0.25) is 0 Å². The van der Waals surface area contributed by atoms with Gasteiger partial charge in [0.1, 0.15) is 11.6 Å². The standard InChI is InChI=1S/C23H17F2NO4S3/c1-32(27,28)20-12-6-17(7-13-20)22-21(16-4-10-19(25)11-5-16)26-23(31-22)33(29,30)14-15-2-8-18(24)9-3-15/h2-13H,14H2,1H3. The molecule has 1 heterocycles. The first-order valence-electron chi connectivity index (χ1n) is 9.57. The van der Waals surface area contributed by atoms with E-state index in [0.717, 1.165) is 17.6 Å². The smallest absolute Gasteiger partial charge is 0.210 e. The molecule has 0 fully saturated rings. The Bertz CT molecular complexity index is 1510. The molecule has 4 aromatic rings. The zero-order valence-corrected chi connectivity index (χ0v) is 19.6. The largest absolute Gasteiger partial charge is 0.224 e. The third kappa shape index (κ3) is 5.18. The van der Waals surface area contributed by atoms with Crippen LogP contribution in [0, 0.1) is 11.6 Å². The van der Waals surface area contributed by atoms with Crippen LogP contribution >= 0.6 is 11.3 Å². The van der Waals surface area contributed by atoms with E-state index in [0.29, 0.717) is 27.3 Å². The average Bonchev–Trinajstić information content (AvgIpc) is 3.22. The number of benzene rings is 3. The number of hydrogen-bond donors (Lipinski definition) is 0. The maximum atomic E-state index is 13.4. The van der Waals surface area contributed by atoms with E-state index in [2.05, 4.69) is 4.98 Å². The predicted molar refractivity (Wildman–Crippen MR) is 123 cm³/mol. The van der Waals surface area contributed by atoms with Gasteiger partial charge in [0, 0.05) is 11.8 Å². The zero-order valence-electron chi connectivity index (χ0n) is 17.2. The Balaban J connectivity index is 1.81. The number of aromatic nitrogens is 1. The first-order valence-corrected chi connectivity index (χ1v) is 13.9. The van der Waals surface area contributed by atoms with Crippen LogP contribution in [0.15, 0.2) is 82.0 Å². The molecule has 0 unspecified atom stereocenters. The molecule has 0 saturated heterocycles. The number of nitrogens with zero attached hydrogens (tertiary/aromatic N) is 1. The molecule has 0 aliphatic heterocycles. The van der Waals surface area contributed by atoms with Gasteiger partial charge < -0.3 is 0 Å². The maximum Gasteiger partial charge on any atom is 0.210 e. The van der Waals surface area contributed by atoms with E-state index in [1.165, 1.54) is 60.7 Å². The lowest BCUT2D eigenvalue weighted by Gasteiger charge is -2.04. The summed E-state index contributed by atoms with van der Waals surface area (Å²) in [4.78, 5) is 4.99. The van der Waals surface area contributed by atoms with E-state index < -0.39 is 31.3 Å². The summed E-state index contributed by atoms with van der Waals surface area (Å²) >= 11 is 0.938. The van der Waals surface area contributed by atoms with Crippen LogP contribution in [0.2, 0.25) is 0 Å². The summed E-state index contributed by atoms with van der Waals surface area (Å²) in [6.45, 7) is 0. The van der Waals surface area contributed by atoms with Crippen molar-refractivity contribution in [2.75, 3.05) is 6.26 Å². The SMILES string of the molecule is CS(=O)(=O)c1ccc(-c2sc(S(=O)(=O)Cc3ccc(F)cc3)nc2-c2ccc(F)cc2)cc1. The number of halogens is 2. The Hall–Kier alpha value is -2.95. The molecular weight excluding hydrogens is 488 g/mol. The van der Waals surface area contributed by atoms with Crippen molar-refractivity contribution in [2.24, 2.45) is 0 Å². The van der Waals surface area contributed by atoms with Crippen molar-refractivity contribution in [1.82, 2.24) is 4.98 Å². The molecule has 3 aromatic carbocycles. The van der Waals surface area contributed by atoms with Crippen LogP contribution in [0.1, 0.15) is 5.56 Å². The summed E-state index contributed by atoms with van der Waals surface area (Å²) in [6.07, 6.45) is 1.10. The molecule has 170 valence electrons. The van der Waals surface area contributed by atoms with Crippen LogP contribution in [-0.2, 0) is 25.4 Å². The molecule has 4 rings (SSSR count). The highest BCUT2D eigenvalue weighted by Gasteiger charge is 2.25. The fraction of sp³-hybridized carbons (Fsp3) is 0.0870. The first-order chi connectivity index (χ1) is 15.5.